The Hall–Kier alpha value is -2.23. The van der Waals surface area contributed by atoms with Gasteiger partial charge in [-0.05, 0) is 18.4 Å². The zero-order valence-electron chi connectivity index (χ0n) is 16.1. The number of rotatable bonds is 6. The second-order valence-electron chi connectivity index (χ2n) is 7.53. The number of furan rings is 1. The fourth-order valence-electron chi connectivity index (χ4n) is 3.56. The first-order chi connectivity index (χ1) is 13.4. The van der Waals surface area contributed by atoms with Crippen LogP contribution in [0.5, 0.6) is 0 Å². The van der Waals surface area contributed by atoms with Gasteiger partial charge in [0.25, 0.3) is 10.0 Å². The molecule has 0 amide bonds. The second-order valence-corrected chi connectivity index (χ2v) is 9.18. The van der Waals surface area contributed by atoms with Crippen molar-refractivity contribution in [3.8, 4) is 0 Å². The lowest BCUT2D eigenvalue weighted by Gasteiger charge is -2.20. The van der Waals surface area contributed by atoms with E-state index in [1.165, 1.54) is 0 Å². The first kappa shape index (κ1) is 19.1. The third-order valence-corrected chi connectivity index (χ3v) is 6.20. The molecule has 1 aliphatic rings. The molecule has 1 atom stereocenters. The van der Waals surface area contributed by atoms with Gasteiger partial charge in [-0.2, -0.15) is 4.72 Å². The van der Waals surface area contributed by atoms with Gasteiger partial charge in [-0.25, -0.2) is 8.42 Å². The molecule has 2 N–H and O–H groups in total. The number of benzene rings is 1. The van der Waals surface area contributed by atoms with Gasteiger partial charge in [0.05, 0.1) is 6.04 Å². The van der Waals surface area contributed by atoms with E-state index in [-0.39, 0.29) is 11.0 Å². The van der Waals surface area contributed by atoms with Crippen LogP contribution in [0.2, 0.25) is 0 Å². The van der Waals surface area contributed by atoms with Gasteiger partial charge in [0, 0.05) is 37.5 Å². The molecule has 4 rings (SSSR count). The molecule has 0 saturated carbocycles. The van der Waals surface area contributed by atoms with Gasteiger partial charge < -0.3 is 14.3 Å². The van der Waals surface area contributed by atoms with Crippen LogP contribution in [-0.4, -0.2) is 36.3 Å². The molecule has 150 valence electrons. The molecule has 0 bridgehead atoms. The van der Waals surface area contributed by atoms with Crippen molar-refractivity contribution < 1.29 is 12.8 Å². The van der Waals surface area contributed by atoms with E-state index >= 15 is 0 Å². The average Bonchev–Trinajstić information content (AvgIpc) is 3.19. The Labute approximate surface area is 164 Å². The van der Waals surface area contributed by atoms with Crippen molar-refractivity contribution in [1.29, 1.82) is 0 Å². The quantitative estimate of drug-likeness (QED) is 0.654. The van der Waals surface area contributed by atoms with Gasteiger partial charge in [0.2, 0.25) is 5.09 Å². The van der Waals surface area contributed by atoms with Crippen LogP contribution in [0.3, 0.4) is 0 Å². The van der Waals surface area contributed by atoms with Crippen molar-refractivity contribution in [3.63, 3.8) is 0 Å². The maximum absolute atomic E-state index is 13.1. The van der Waals surface area contributed by atoms with Gasteiger partial charge in [-0.1, -0.05) is 32.0 Å². The monoisotopic (exact) mass is 403 g/mol. The van der Waals surface area contributed by atoms with E-state index in [4.69, 9.17) is 4.42 Å². The number of fused-ring (bicyclic) bond motifs is 2. The Balaban J connectivity index is 1.67. The van der Waals surface area contributed by atoms with E-state index in [9.17, 15) is 8.42 Å². The van der Waals surface area contributed by atoms with Crippen LogP contribution in [-0.2, 0) is 23.0 Å². The van der Waals surface area contributed by atoms with Crippen LogP contribution in [0.4, 0.5) is 0 Å². The van der Waals surface area contributed by atoms with E-state index < -0.39 is 16.1 Å². The zero-order chi connectivity index (χ0) is 19.7. The molecule has 3 aromatic rings. The van der Waals surface area contributed by atoms with Gasteiger partial charge in [-0.15, -0.1) is 10.2 Å². The molecular weight excluding hydrogens is 378 g/mol. The fourth-order valence-corrected chi connectivity index (χ4v) is 4.74. The molecule has 1 aliphatic heterocycles. The number of sulfonamides is 1. The summed E-state index contributed by atoms with van der Waals surface area (Å²) in [6.07, 6.45) is 1.39. The lowest BCUT2D eigenvalue weighted by Crippen LogP contribution is -2.32. The molecule has 0 saturated heterocycles. The van der Waals surface area contributed by atoms with Gasteiger partial charge in [-0.3, -0.25) is 0 Å². The highest BCUT2D eigenvalue weighted by Crippen LogP contribution is 2.27. The minimum Gasteiger partial charge on any atom is -0.443 e. The molecule has 3 heterocycles. The fraction of sp³-hybridized carbons (Fsp3) is 0.474. The number of hydrogen-bond donors (Lipinski definition) is 2. The summed E-state index contributed by atoms with van der Waals surface area (Å²) in [6.45, 7) is 6.49. The van der Waals surface area contributed by atoms with Gasteiger partial charge >= 0.3 is 0 Å². The van der Waals surface area contributed by atoms with Crippen LogP contribution in [0.15, 0.2) is 39.8 Å². The van der Waals surface area contributed by atoms with Crippen molar-refractivity contribution >= 4 is 21.0 Å². The Kier molecular flexibility index (Phi) is 5.22. The lowest BCUT2D eigenvalue weighted by atomic mass is 10.0. The molecule has 0 radical (unpaired) electrons. The maximum Gasteiger partial charge on any atom is 0.274 e. The second kappa shape index (κ2) is 7.65. The van der Waals surface area contributed by atoms with Crippen molar-refractivity contribution in [1.82, 2.24) is 24.8 Å². The summed E-state index contributed by atoms with van der Waals surface area (Å²) in [6, 6.07) is 8.33. The zero-order valence-corrected chi connectivity index (χ0v) is 16.9. The highest BCUT2D eigenvalue weighted by atomic mass is 32.2. The summed E-state index contributed by atoms with van der Waals surface area (Å²) < 4.78 is 36.5. The van der Waals surface area contributed by atoms with Gasteiger partial charge in [0.15, 0.2) is 5.82 Å². The molecule has 9 heteroatoms. The van der Waals surface area contributed by atoms with Crippen molar-refractivity contribution in [2.45, 2.75) is 44.4 Å². The minimum absolute atomic E-state index is 0.0836. The summed E-state index contributed by atoms with van der Waals surface area (Å²) in [5.74, 6) is 1.82. The Morgan fingerprint density at radius 3 is 2.86 bits per heavy atom. The summed E-state index contributed by atoms with van der Waals surface area (Å²) in [5, 5.41) is 12.6. The SMILES string of the molecule is CC(C)C[C@H](NS(=O)(=O)c1cc2ccccc2o1)c1nnc2n1CCNCC2. The van der Waals surface area contributed by atoms with Crippen molar-refractivity contribution in [2.24, 2.45) is 5.92 Å². The summed E-state index contributed by atoms with van der Waals surface area (Å²) in [5.41, 5.74) is 0.547. The Bertz CT molecular complexity index is 1040. The first-order valence-electron chi connectivity index (χ1n) is 9.57. The van der Waals surface area contributed by atoms with E-state index in [1.54, 1.807) is 12.1 Å². The van der Waals surface area contributed by atoms with E-state index in [0.29, 0.717) is 17.8 Å². The smallest absolute Gasteiger partial charge is 0.274 e. The highest BCUT2D eigenvalue weighted by molar-refractivity contribution is 7.89. The van der Waals surface area contributed by atoms with Gasteiger partial charge in [0.1, 0.15) is 11.4 Å². The van der Waals surface area contributed by atoms with E-state index in [0.717, 1.165) is 37.3 Å². The predicted molar refractivity (Wildman–Crippen MR) is 105 cm³/mol. The Morgan fingerprint density at radius 1 is 1.25 bits per heavy atom. The number of para-hydroxylation sites is 1. The number of hydrogen-bond acceptors (Lipinski definition) is 6. The summed E-state index contributed by atoms with van der Waals surface area (Å²) in [4.78, 5) is 0. The normalized spacial score (nSPS) is 16.2. The summed E-state index contributed by atoms with van der Waals surface area (Å²) in [7, 11) is -3.84. The molecule has 0 aliphatic carbocycles. The molecule has 0 unspecified atom stereocenters. The summed E-state index contributed by atoms with van der Waals surface area (Å²) >= 11 is 0. The van der Waals surface area contributed by atoms with Crippen LogP contribution in [0.1, 0.15) is 38.0 Å². The average molecular weight is 404 g/mol. The number of nitrogens with zero attached hydrogens (tertiary/aromatic N) is 3. The van der Waals surface area contributed by atoms with Crippen molar-refractivity contribution in [2.75, 3.05) is 13.1 Å². The van der Waals surface area contributed by atoms with E-state index in [2.05, 4.69) is 34.1 Å². The minimum atomic E-state index is -3.84. The topological polar surface area (TPSA) is 102 Å². The molecule has 0 spiro atoms. The number of aromatic nitrogens is 3. The molecule has 2 aromatic heterocycles. The molecular formula is C19H25N5O3S. The molecule has 0 fully saturated rings. The first-order valence-corrected chi connectivity index (χ1v) is 11.1. The highest BCUT2D eigenvalue weighted by Gasteiger charge is 2.29. The van der Waals surface area contributed by atoms with Crippen LogP contribution < -0.4 is 10.0 Å². The van der Waals surface area contributed by atoms with Crippen LogP contribution in [0, 0.1) is 5.92 Å². The standard InChI is InChI=1S/C19H25N5O3S/c1-13(2)11-15(19-22-21-17-7-8-20-9-10-24(17)19)23-28(25,26)18-12-14-5-3-4-6-16(14)27-18/h3-6,12-13,15,20,23H,7-11H2,1-2H3/t15-/m0/s1. The van der Waals surface area contributed by atoms with E-state index in [1.807, 2.05) is 22.8 Å². The third kappa shape index (κ3) is 3.82. The maximum atomic E-state index is 13.1. The molecule has 8 nitrogen and oxygen atoms in total. The molecule has 1 aromatic carbocycles. The Morgan fingerprint density at radius 2 is 2.07 bits per heavy atom. The van der Waals surface area contributed by atoms with Crippen molar-refractivity contribution in [3.05, 3.63) is 42.0 Å². The third-order valence-electron chi connectivity index (χ3n) is 4.88. The van der Waals surface area contributed by atoms with Crippen LogP contribution >= 0.6 is 0 Å². The largest absolute Gasteiger partial charge is 0.443 e. The lowest BCUT2D eigenvalue weighted by molar-refractivity contribution is 0.425. The van der Waals surface area contributed by atoms with Crippen LogP contribution in [0.25, 0.3) is 11.0 Å². The molecule has 28 heavy (non-hydrogen) atoms. The predicted octanol–water partition coefficient (Wildman–Crippen LogP) is 2.24. The number of nitrogens with one attached hydrogen (secondary N) is 2.